The number of nitrogens with two attached hydrogens (primary N) is 1. The molecular weight excluding hydrogens is 264 g/mol. The number of carbonyl (C=O) groups is 1. The first-order valence-corrected chi connectivity index (χ1v) is 8.32. The highest BCUT2D eigenvalue weighted by Gasteiger charge is 2.33. The van der Waals surface area contributed by atoms with Crippen molar-refractivity contribution in [1.29, 1.82) is 5.26 Å². The predicted octanol–water partition coefficient (Wildman–Crippen LogP) is 1.39. The minimum atomic E-state index is -0.622. The Morgan fingerprint density at radius 1 is 1.24 bits per heavy atom. The number of piperidine rings is 1. The topological polar surface area (TPSA) is 82.2 Å². The van der Waals surface area contributed by atoms with Gasteiger partial charge in [0.15, 0.2) is 0 Å². The lowest BCUT2D eigenvalue weighted by Crippen LogP contribution is -2.51. The molecule has 1 aliphatic carbocycles. The molecule has 0 aromatic rings. The summed E-state index contributed by atoms with van der Waals surface area (Å²) in [5, 5.41) is 12.5. The molecule has 1 amide bonds. The number of rotatable bonds is 4. The monoisotopic (exact) mass is 292 g/mol. The van der Waals surface area contributed by atoms with Gasteiger partial charge in [-0.05, 0) is 51.2 Å². The summed E-state index contributed by atoms with van der Waals surface area (Å²) in [4.78, 5) is 14.5. The van der Waals surface area contributed by atoms with Crippen LogP contribution in [0.25, 0.3) is 0 Å². The van der Waals surface area contributed by atoms with E-state index in [2.05, 4.69) is 16.3 Å². The van der Waals surface area contributed by atoms with Gasteiger partial charge in [0.25, 0.3) is 0 Å². The van der Waals surface area contributed by atoms with Gasteiger partial charge in [-0.15, -0.1) is 0 Å². The van der Waals surface area contributed by atoms with Gasteiger partial charge in [0.05, 0.1) is 12.6 Å². The van der Waals surface area contributed by atoms with E-state index in [1.165, 1.54) is 12.8 Å². The van der Waals surface area contributed by atoms with Crippen molar-refractivity contribution < 1.29 is 4.79 Å². The molecule has 0 spiro atoms. The Morgan fingerprint density at radius 3 is 2.38 bits per heavy atom. The highest BCUT2D eigenvalue weighted by Crippen LogP contribution is 2.26. The van der Waals surface area contributed by atoms with Crippen LogP contribution in [0.2, 0.25) is 0 Å². The zero-order valence-corrected chi connectivity index (χ0v) is 12.9. The average Bonchev–Trinajstić information content (AvgIpc) is 2.74. The number of nitrogens with zero attached hydrogens (tertiary/aromatic N) is 2. The lowest BCUT2D eigenvalue weighted by Gasteiger charge is -2.32. The van der Waals surface area contributed by atoms with Crippen LogP contribution in [0.3, 0.4) is 0 Å². The first-order valence-electron chi connectivity index (χ1n) is 8.32. The molecule has 1 heterocycles. The molecular formula is C16H28N4O. The number of nitriles is 1. The van der Waals surface area contributed by atoms with E-state index >= 15 is 0 Å². The number of nitrogens with one attached hydrogen (secondary N) is 1. The van der Waals surface area contributed by atoms with E-state index in [0.29, 0.717) is 12.5 Å². The van der Waals surface area contributed by atoms with E-state index in [4.69, 9.17) is 5.73 Å². The van der Waals surface area contributed by atoms with Crippen molar-refractivity contribution in [1.82, 2.24) is 10.2 Å². The van der Waals surface area contributed by atoms with Crippen LogP contribution in [0.4, 0.5) is 0 Å². The molecule has 0 bridgehead atoms. The molecule has 5 heteroatoms. The van der Waals surface area contributed by atoms with Crippen molar-refractivity contribution in [2.24, 2.45) is 11.7 Å². The van der Waals surface area contributed by atoms with Crippen LogP contribution >= 0.6 is 0 Å². The smallest absolute Gasteiger partial charge is 0.235 e. The van der Waals surface area contributed by atoms with E-state index in [9.17, 15) is 10.1 Å². The third-order valence-corrected chi connectivity index (χ3v) is 4.96. The molecule has 0 atom stereocenters. The molecule has 1 aliphatic heterocycles. The molecule has 1 saturated heterocycles. The van der Waals surface area contributed by atoms with Gasteiger partial charge in [-0.1, -0.05) is 25.7 Å². The van der Waals surface area contributed by atoms with Crippen LogP contribution in [0.15, 0.2) is 0 Å². The second-order valence-electron chi connectivity index (χ2n) is 6.61. The summed E-state index contributed by atoms with van der Waals surface area (Å²) in [6.07, 6.45) is 8.17. The van der Waals surface area contributed by atoms with Crippen molar-refractivity contribution in [3.8, 4) is 6.07 Å². The summed E-state index contributed by atoms with van der Waals surface area (Å²) < 4.78 is 0. The molecule has 2 fully saturated rings. The number of hydrogen-bond donors (Lipinski definition) is 2. The zero-order valence-electron chi connectivity index (χ0n) is 12.9. The van der Waals surface area contributed by atoms with Crippen molar-refractivity contribution in [2.75, 3.05) is 26.2 Å². The Bertz CT molecular complexity index is 374. The van der Waals surface area contributed by atoms with Crippen LogP contribution in [0.5, 0.6) is 0 Å². The van der Waals surface area contributed by atoms with Crippen LogP contribution in [-0.4, -0.2) is 42.5 Å². The SMILES string of the molecule is N#CC1(NC(=O)CN2CCC(CN)CC2)CCCCCC1. The van der Waals surface area contributed by atoms with Crippen LogP contribution in [-0.2, 0) is 4.79 Å². The number of amides is 1. The molecule has 2 rings (SSSR count). The van der Waals surface area contributed by atoms with Gasteiger partial charge in [-0.2, -0.15) is 5.26 Å². The maximum absolute atomic E-state index is 12.3. The molecule has 0 unspecified atom stereocenters. The summed E-state index contributed by atoms with van der Waals surface area (Å²) in [6, 6.07) is 2.37. The van der Waals surface area contributed by atoms with Crippen molar-refractivity contribution >= 4 is 5.91 Å². The lowest BCUT2D eigenvalue weighted by molar-refractivity contribution is -0.124. The summed E-state index contributed by atoms with van der Waals surface area (Å²) in [6.45, 7) is 3.04. The van der Waals surface area contributed by atoms with Gasteiger partial charge in [0.2, 0.25) is 5.91 Å². The third-order valence-electron chi connectivity index (χ3n) is 4.96. The van der Waals surface area contributed by atoms with Gasteiger partial charge in [-0.25, -0.2) is 0 Å². The summed E-state index contributed by atoms with van der Waals surface area (Å²) in [5.41, 5.74) is 5.07. The fourth-order valence-corrected chi connectivity index (χ4v) is 3.49. The number of hydrogen-bond acceptors (Lipinski definition) is 4. The molecule has 2 aliphatic rings. The summed E-state index contributed by atoms with van der Waals surface area (Å²) in [7, 11) is 0. The maximum Gasteiger partial charge on any atom is 0.235 e. The minimum Gasteiger partial charge on any atom is -0.337 e. The first-order chi connectivity index (χ1) is 10.2. The Morgan fingerprint density at radius 2 is 1.86 bits per heavy atom. The highest BCUT2D eigenvalue weighted by atomic mass is 16.2. The van der Waals surface area contributed by atoms with E-state index in [-0.39, 0.29) is 5.91 Å². The second-order valence-corrected chi connectivity index (χ2v) is 6.61. The molecule has 5 nitrogen and oxygen atoms in total. The molecule has 1 saturated carbocycles. The largest absolute Gasteiger partial charge is 0.337 e. The Labute approximate surface area is 127 Å². The fraction of sp³-hybridized carbons (Fsp3) is 0.875. The molecule has 0 radical (unpaired) electrons. The van der Waals surface area contributed by atoms with Crippen LogP contribution in [0, 0.1) is 17.2 Å². The van der Waals surface area contributed by atoms with Gasteiger partial charge in [0, 0.05) is 0 Å². The normalized spacial score (nSPS) is 24.0. The first kappa shape index (κ1) is 16.3. The second kappa shape index (κ2) is 7.77. The van der Waals surface area contributed by atoms with E-state index in [1.807, 2.05) is 0 Å². The molecule has 118 valence electrons. The standard InChI is InChI=1S/C16H28N4O/c17-11-14-5-9-20(10-6-14)12-15(21)19-16(13-18)7-3-1-2-4-8-16/h14H,1-12,17H2,(H,19,21). The predicted molar refractivity (Wildman–Crippen MR) is 82.4 cm³/mol. The van der Waals surface area contributed by atoms with Gasteiger partial charge >= 0.3 is 0 Å². The van der Waals surface area contributed by atoms with E-state index in [1.54, 1.807) is 0 Å². The quantitative estimate of drug-likeness (QED) is 0.767. The van der Waals surface area contributed by atoms with Crippen LogP contribution in [0.1, 0.15) is 51.4 Å². The van der Waals surface area contributed by atoms with E-state index in [0.717, 1.165) is 58.2 Å². The fourth-order valence-electron chi connectivity index (χ4n) is 3.49. The summed E-state index contributed by atoms with van der Waals surface area (Å²) >= 11 is 0. The zero-order chi connectivity index (χ0) is 15.1. The Balaban J connectivity index is 1.82. The minimum absolute atomic E-state index is 0.00430. The van der Waals surface area contributed by atoms with Gasteiger partial charge in [0.1, 0.15) is 5.54 Å². The average molecular weight is 292 g/mol. The third kappa shape index (κ3) is 4.69. The number of likely N-dealkylation sites (tertiary alicyclic amines) is 1. The Hall–Kier alpha value is -1.12. The van der Waals surface area contributed by atoms with Gasteiger partial charge in [-0.3, -0.25) is 9.69 Å². The molecule has 21 heavy (non-hydrogen) atoms. The lowest BCUT2D eigenvalue weighted by atomic mass is 9.91. The highest BCUT2D eigenvalue weighted by molar-refractivity contribution is 5.79. The number of carbonyl (C=O) groups excluding carboxylic acids is 1. The molecule has 0 aromatic carbocycles. The Kier molecular flexibility index (Phi) is 6.01. The molecule has 0 aromatic heterocycles. The van der Waals surface area contributed by atoms with Crippen molar-refractivity contribution in [3.05, 3.63) is 0 Å². The summed E-state index contributed by atoms with van der Waals surface area (Å²) in [5.74, 6) is 0.612. The van der Waals surface area contributed by atoms with Gasteiger partial charge < -0.3 is 11.1 Å². The van der Waals surface area contributed by atoms with Crippen LogP contribution < -0.4 is 11.1 Å². The maximum atomic E-state index is 12.3. The molecule has 3 N–H and O–H groups in total. The van der Waals surface area contributed by atoms with Crippen molar-refractivity contribution in [3.63, 3.8) is 0 Å². The van der Waals surface area contributed by atoms with E-state index < -0.39 is 5.54 Å². The van der Waals surface area contributed by atoms with Crippen molar-refractivity contribution in [2.45, 2.75) is 56.9 Å².